The molecule has 5 nitrogen and oxygen atoms in total. The first-order valence-corrected chi connectivity index (χ1v) is 7.99. The lowest BCUT2D eigenvalue weighted by atomic mass is 9.64. The minimum Gasteiger partial charge on any atom is -0.426 e. The number of aliphatic hydroxyl groups excluding tert-OH is 1. The van der Waals surface area contributed by atoms with Crippen LogP contribution in [0.15, 0.2) is 4.42 Å². The van der Waals surface area contributed by atoms with Crippen LogP contribution in [0, 0.1) is 18.3 Å². The second-order valence-electron chi connectivity index (χ2n) is 7.54. The van der Waals surface area contributed by atoms with E-state index in [1.165, 1.54) is 6.42 Å². The standard InChI is InChI=1S/C16H29N3O2/c1-12-8-15(3,4)10-16(9-12,11-20)17-7-5-6-14-19-18-13(2)21-14/h12,17,20H,5-11H2,1-4H3. The van der Waals surface area contributed by atoms with Crippen molar-refractivity contribution >= 4 is 0 Å². The Kier molecular flexibility index (Phi) is 5.04. The molecule has 1 saturated carbocycles. The third-order valence-electron chi connectivity index (χ3n) is 4.40. The number of rotatable bonds is 6. The van der Waals surface area contributed by atoms with E-state index in [-0.39, 0.29) is 17.6 Å². The molecule has 2 N–H and O–H groups in total. The van der Waals surface area contributed by atoms with Gasteiger partial charge in [-0.2, -0.15) is 0 Å². The van der Waals surface area contributed by atoms with Gasteiger partial charge in [0.05, 0.1) is 6.61 Å². The van der Waals surface area contributed by atoms with Crippen molar-refractivity contribution in [2.75, 3.05) is 13.2 Å². The molecule has 1 aliphatic rings. The summed E-state index contributed by atoms with van der Waals surface area (Å²) < 4.78 is 5.38. The maximum Gasteiger partial charge on any atom is 0.216 e. The van der Waals surface area contributed by atoms with Crippen LogP contribution >= 0.6 is 0 Å². The van der Waals surface area contributed by atoms with Crippen molar-refractivity contribution in [1.82, 2.24) is 15.5 Å². The molecular weight excluding hydrogens is 266 g/mol. The minimum absolute atomic E-state index is 0.133. The highest BCUT2D eigenvalue weighted by Crippen LogP contribution is 2.43. The first-order valence-electron chi connectivity index (χ1n) is 7.99. The van der Waals surface area contributed by atoms with Crippen molar-refractivity contribution in [1.29, 1.82) is 0 Å². The molecule has 5 heteroatoms. The topological polar surface area (TPSA) is 71.2 Å². The van der Waals surface area contributed by atoms with Crippen LogP contribution in [0.2, 0.25) is 0 Å². The first-order chi connectivity index (χ1) is 9.84. The van der Waals surface area contributed by atoms with Gasteiger partial charge in [-0.05, 0) is 43.6 Å². The zero-order chi connectivity index (χ0) is 15.5. The van der Waals surface area contributed by atoms with Gasteiger partial charge in [0, 0.05) is 18.9 Å². The smallest absolute Gasteiger partial charge is 0.216 e. The predicted molar refractivity (Wildman–Crippen MR) is 82.0 cm³/mol. The van der Waals surface area contributed by atoms with Crippen molar-refractivity contribution in [2.45, 2.75) is 65.3 Å². The fraction of sp³-hybridized carbons (Fsp3) is 0.875. The summed E-state index contributed by atoms with van der Waals surface area (Å²) in [5.41, 5.74) is 0.156. The zero-order valence-corrected chi connectivity index (χ0v) is 13.8. The van der Waals surface area contributed by atoms with Crippen LogP contribution < -0.4 is 5.32 Å². The zero-order valence-electron chi connectivity index (χ0n) is 13.8. The molecule has 0 amide bonds. The predicted octanol–water partition coefficient (Wildman–Crippen LogP) is 2.48. The number of aryl methyl sites for hydroxylation is 2. The lowest BCUT2D eigenvalue weighted by Crippen LogP contribution is -2.55. The van der Waals surface area contributed by atoms with Crippen LogP contribution in [-0.4, -0.2) is 34.0 Å². The Bertz CT molecular complexity index is 458. The van der Waals surface area contributed by atoms with Gasteiger partial charge in [0.1, 0.15) is 0 Å². The molecule has 21 heavy (non-hydrogen) atoms. The number of nitrogens with zero attached hydrogens (tertiary/aromatic N) is 2. The number of aromatic nitrogens is 2. The van der Waals surface area contributed by atoms with Gasteiger partial charge in [-0.1, -0.05) is 20.8 Å². The van der Waals surface area contributed by atoms with E-state index in [0.29, 0.717) is 17.7 Å². The fourth-order valence-corrected chi connectivity index (χ4v) is 4.09. The van der Waals surface area contributed by atoms with Crippen molar-refractivity contribution in [3.05, 3.63) is 11.8 Å². The highest BCUT2D eigenvalue weighted by Gasteiger charge is 2.41. The SMILES string of the molecule is Cc1nnc(CCCNC2(CO)CC(C)CC(C)(C)C2)o1. The molecular formula is C16H29N3O2. The number of nitrogens with one attached hydrogen (secondary N) is 1. The van der Waals surface area contributed by atoms with E-state index in [1.54, 1.807) is 6.92 Å². The van der Waals surface area contributed by atoms with Gasteiger partial charge >= 0.3 is 0 Å². The molecule has 2 atom stereocenters. The highest BCUT2D eigenvalue weighted by atomic mass is 16.4. The van der Waals surface area contributed by atoms with Crippen molar-refractivity contribution < 1.29 is 9.52 Å². The number of aliphatic hydroxyl groups is 1. The Morgan fingerprint density at radius 2 is 2.10 bits per heavy atom. The van der Waals surface area contributed by atoms with Gasteiger partial charge in [-0.3, -0.25) is 0 Å². The highest BCUT2D eigenvalue weighted by molar-refractivity contribution is 4.98. The average Bonchev–Trinajstić information content (AvgIpc) is 2.78. The van der Waals surface area contributed by atoms with E-state index >= 15 is 0 Å². The van der Waals surface area contributed by atoms with Gasteiger partial charge in [0.25, 0.3) is 0 Å². The summed E-state index contributed by atoms with van der Waals surface area (Å²) in [4.78, 5) is 0. The molecule has 1 aliphatic carbocycles. The molecule has 0 bridgehead atoms. The summed E-state index contributed by atoms with van der Waals surface area (Å²) in [5.74, 6) is 1.96. The average molecular weight is 295 g/mol. The Balaban J connectivity index is 1.84. The molecule has 1 aromatic heterocycles. The molecule has 1 heterocycles. The van der Waals surface area contributed by atoms with E-state index in [2.05, 4.69) is 36.3 Å². The third kappa shape index (κ3) is 4.51. The van der Waals surface area contributed by atoms with Gasteiger partial charge in [-0.15, -0.1) is 10.2 Å². The summed E-state index contributed by atoms with van der Waals surface area (Å²) >= 11 is 0. The van der Waals surface area contributed by atoms with E-state index in [4.69, 9.17) is 4.42 Å². The number of hydrogen-bond donors (Lipinski definition) is 2. The normalized spacial score (nSPS) is 28.7. The molecule has 2 unspecified atom stereocenters. The lowest BCUT2D eigenvalue weighted by Gasteiger charge is -2.47. The summed E-state index contributed by atoms with van der Waals surface area (Å²) in [6.07, 6.45) is 5.04. The van der Waals surface area contributed by atoms with Crippen LogP contribution in [-0.2, 0) is 6.42 Å². The van der Waals surface area contributed by atoms with Crippen LogP contribution in [0.1, 0.15) is 58.2 Å². The maximum absolute atomic E-state index is 9.91. The first kappa shape index (κ1) is 16.4. The summed E-state index contributed by atoms with van der Waals surface area (Å²) in [7, 11) is 0. The quantitative estimate of drug-likeness (QED) is 0.789. The molecule has 2 rings (SSSR count). The Morgan fingerprint density at radius 3 is 2.67 bits per heavy atom. The molecule has 0 radical (unpaired) electrons. The molecule has 0 saturated heterocycles. The van der Waals surface area contributed by atoms with E-state index < -0.39 is 0 Å². The second-order valence-corrected chi connectivity index (χ2v) is 7.54. The Morgan fingerprint density at radius 1 is 1.33 bits per heavy atom. The maximum atomic E-state index is 9.91. The molecule has 1 fully saturated rings. The lowest BCUT2D eigenvalue weighted by molar-refractivity contribution is 0.0364. The van der Waals surface area contributed by atoms with Gasteiger partial charge in [0.15, 0.2) is 0 Å². The molecule has 1 aromatic rings. The van der Waals surface area contributed by atoms with Crippen LogP contribution in [0.4, 0.5) is 0 Å². The van der Waals surface area contributed by atoms with Gasteiger partial charge in [0.2, 0.25) is 11.8 Å². The largest absolute Gasteiger partial charge is 0.426 e. The van der Waals surface area contributed by atoms with E-state index in [9.17, 15) is 5.11 Å². The summed E-state index contributed by atoms with van der Waals surface area (Å²) in [5, 5.41) is 21.4. The van der Waals surface area contributed by atoms with Crippen molar-refractivity contribution in [2.24, 2.45) is 11.3 Å². The van der Waals surface area contributed by atoms with E-state index in [1.807, 2.05) is 0 Å². The molecule has 0 aromatic carbocycles. The second kappa shape index (κ2) is 6.44. The third-order valence-corrected chi connectivity index (χ3v) is 4.40. The molecule has 120 valence electrons. The summed E-state index contributed by atoms with van der Waals surface area (Å²) in [6.45, 7) is 9.77. The van der Waals surface area contributed by atoms with Crippen molar-refractivity contribution in [3.8, 4) is 0 Å². The van der Waals surface area contributed by atoms with Gasteiger partial charge < -0.3 is 14.8 Å². The summed E-state index contributed by atoms with van der Waals surface area (Å²) in [6, 6.07) is 0. The number of hydrogen-bond acceptors (Lipinski definition) is 5. The van der Waals surface area contributed by atoms with E-state index in [0.717, 1.165) is 32.2 Å². The van der Waals surface area contributed by atoms with Crippen LogP contribution in [0.5, 0.6) is 0 Å². The van der Waals surface area contributed by atoms with Crippen molar-refractivity contribution in [3.63, 3.8) is 0 Å². The van der Waals surface area contributed by atoms with Crippen LogP contribution in [0.25, 0.3) is 0 Å². The monoisotopic (exact) mass is 295 g/mol. The minimum atomic E-state index is -0.133. The molecule has 0 aliphatic heterocycles. The Labute approximate surface area is 127 Å². The van der Waals surface area contributed by atoms with Crippen LogP contribution in [0.3, 0.4) is 0 Å². The Hall–Kier alpha value is -0.940. The molecule has 0 spiro atoms. The fourth-order valence-electron chi connectivity index (χ4n) is 4.09. The van der Waals surface area contributed by atoms with Gasteiger partial charge in [-0.25, -0.2) is 0 Å².